The van der Waals surface area contributed by atoms with Crippen LogP contribution >= 0.6 is 0 Å². The zero-order valence-electron chi connectivity index (χ0n) is 11.1. The molecule has 2 aromatic carbocycles. The Labute approximate surface area is 116 Å². The number of hydrogen-bond acceptors (Lipinski definition) is 2. The van der Waals surface area contributed by atoms with E-state index in [9.17, 15) is 9.18 Å². The maximum absolute atomic E-state index is 14.1. The van der Waals surface area contributed by atoms with Crippen LogP contribution in [0.25, 0.3) is 11.1 Å². The molecule has 1 N–H and O–H groups in total. The number of ether oxygens (including phenoxy) is 1. The van der Waals surface area contributed by atoms with E-state index in [1.807, 2.05) is 12.1 Å². The molecule has 104 valence electrons. The summed E-state index contributed by atoms with van der Waals surface area (Å²) >= 11 is 0. The second-order valence-corrected chi connectivity index (χ2v) is 4.41. The first kappa shape index (κ1) is 14.1. The Hall–Kier alpha value is -2.36. The summed E-state index contributed by atoms with van der Waals surface area (Å²) in [7, 11) is 1.43. The van der Waals surface area contributed by atoms with E-state index in [0.29, 0.717) is 12.0 Å². The van der Waals surface area contributed by atoms with Gasteiger partial charge in [-0.05, 0) is 23.6 Å². The Kier molecular flexibility index (Phi) is 4.35. The third-order valence-corrected chi connectivity index (χ3v) is 3.08. The largest absolute Gasteiger partial charge is 0.494 e. The molecule has 20 heavy (non-hydrogen) atoms. The lowest BCUT2D eigenvalue weighted by Gasteiger charge is -2.08. The van der Waals surface area contributed by atoms with E-state index in [2.05, 4.69) is 0 Å². The molecule has 4 heteroatoms. The molecule has 0 aliphatic heterocycles. The summed E-state index contributed by atoms with van der Waals surface area (Å²) in [4.78, 5) is 10.5. The summed E-state index contributed by atoms with van der Waals surface area (Å²) in [5, 5.41) is 8.64. The number of rotatable bonds is 5. The average molecular weight is 274 g/mol. The Morgan fingerprint density at radius 3 is 2.50 bits per heavy atom. The molecule has 0 heterocycles. The SMILES string of the molecule is COc1cccc(-c2ccc(CCC(=O)O)cc2)c1F. The highest BCUT2D eigenvalue weighted by Crippen LogP contribution is 2.29. The van der Waals surface area contributed by atoms with Crippen LogP contribution in [0.2, 0.25) is 0 Å². The van der Waals surface area contributed by atoms with Gasteiger partial charge in [-0.25, -0.2) is 4.39 Å². The standard InChI is InChI=1S/C16H15FO3/c1-20-14-4-2-3-13(16(14)17)12-8-5-11(6-9-12)7-10-15(18)19/h2-6,8-9H,7,10H2,1H3,(H,18,19). The molecule has 0 amide bonds. The van der Waals surface area contributed by atoms with Crippen molar-refractivity contribution in [3.05, 3.63) is 53.8 Å². The van der Waals surface area contributed by atoms with E-state index in [1.165, 1.54) is 7.11 Å². The number of carboxylic acid groups (broad SMARTS) is 1. The summed E-state index contributed by atoms with van der Waals surface area (Å²) in [6.07, 6.45) is 0.559. The molecule has 3 nitrogen and oxygen atoms in total. The van der Waals surface area contributed by atoms with Crippen LogP contribution in [0, 0.1) is 5.82 Å². The van der Waals surface area contributed by atoms with Gasteiger partial charge in [0.05, 0.1) is 7.11 Å². The summed E-state index contributed by atoms with van der Waals surface area (Å²) in [6, 6.07) is 12.2. The minimum atomic E-state index is -0.826. The molecule has 2 rings (SSSR count). The number of aliphatic carboxylic acids is 1. The number of aryl methyl sites for hydroxylation is 1. The molecule has 0 fully saturated rings. The van der Waals surface area contributed by atoms with Crippen LogP contribution in [0.15, 0.2) is 42.5 Å². The summed E-state index contributed by atoms with van der Waals surface area (Å²) in [5.41, 5.74) is 2.12. The molecule has 0 aromatic heterocycles. The van der Waals surface area contributed by atoms with Crippen molar-refractivity contribution in [2.45, 2.75) is 12.8 Å². The first-order chi connectivity index (χ1) is 9.61. The minimum Gasteiger partial charge on any atom is -0.494 e. The van der Waals surface area contributed by atoms with Gasteiger partial charge in [0.25, 0.3) is 0 Å². The Morgan fingerprint density at radius 2 is 1.90 bits per heavy atom. The number of hydrogen-bond donors (Lipinski definition) is 1. The van der Waals surface area contributed by atoms with Crippen molar-refractivity contribution in [2.24, 2.45) is 0 Å². The molecule has 0 unspecified atom stereocenters. The predicted molar refractivity (Wildman–Crippen MR) is 74.3 cm³/mol. The minimum absolute atomic E-state index is 0.0901. The lowest BCUT2D eigenvalue weighted by molar-refractivity contribution is -0.136. The maximum atomic E-state index is 14.1. The van der Waals surface area contributed by atoms with Gasteiger partial charge < -0.3 is 9.84 Å². The monoisotopic (exact) mass is 274 g/mol. The van der Waals surface area contributed by atoms with Crippen molar-refractivity contribution in [3.63, 3.8) is 0 Å². The summed E-state index contributed by atoms with van der Waals surface area (Å²) in [5.74, 6) is -1.02. The molecule has 0 radical (unpaired) electrons. The van der Waals surface area contributed by atoms with Crippen LogP contribution in [-0.4, -0.2) is 18.2 Å². The molecule has 0 aliphatic rings. The van der Waals surface area contributed by atoms with Gasteiger partial charge in [-0.15, -0.1) is 0 Å². The van der Waals surface area contributed by atoms with Crippen molar-refractivity contribution in [3.8, 4) is 16.9 Å². The fourth-order valence-electron chi connectivity index (χ4n) is 1.99. The van der Waals surface area contributed by atoms with Gasteiger partial charge in [-0.2, -0.15) is 0 Å². The highest BCUT2D eigenvalue weighted by atomic mass is 19.1. The van der Waals surface area contributed by atoms with Crippen LogP contribution in [0.4, 0.5) is 4.39 Å². The molecule has 0 aliphatic carbocycles. The summed E-state index contributed by atoms with van der Waals surface area (Å²) < 4.78 is 19.1. The van der Waals surface area contributed by atoms with Gasteiger partial charge in [0.15, 0.2) is 11.6 Å². The van der Waals surface area contributed by atoms with Crippen LogP contribution in [0.5, 0.6) is 5.75 Å². The van der Waals surface area contributed by atoms with Crippen LogP contribution < -0.4 is 4.74 Å². The highest BCUT2D eigenvalue weighted by molar-refractivity contribution is 5.68. The second-order valence-electron chi connectivity index (χ2n) is 4.41. The van der Waals surface area contributed by atoms with E-state index < -0.39 is 11.8 Å². The van der Waals surface area contributed by atoms with Crippen molar-refractivity contribution < 1.29 is 19.0 Å². The number of benzene rings is 2. The third kappa shape index (κ3) is 3.15. The van der Waals surface area contributed by atoms with Crippen molar-refractivity contribution in [1.82, 2.24) is 0 Å². The van der Waals surface area contributed by atoms with Gasteiger partial charge in [0.2, 0.25) is 0 Å². The zero-order chi connectivity index (χ0) is 14.5. The second kappa shape index (κ2) is 6.19. The lowest BCUT2D eigenvalue weighted by Crippen LogP contribution is -1.97. The average Bonchev–Trinajstić information content (AvgIpc) is 2.46. The quantitative estimate of drug-likeness (QED) is 0.907. The lowest BCUT2D eigenvalue weighted by atomic mass is 10.0. The normalized spacial score (nSPS) is 10.3. The first-order valence-corrected chi connectivity index (χ1v) is 6.25. The number of halogens is 1. The van der Waals surface area contributed by atoms with E-state index in [-0.39, 0.29) is 12.2 Å². The molecule has 0 bridgehead atoms. The molecule has 0 saturated heterocycles. The highest BCUT2D eigenvalue weighted by Gasteiger charge is 2.10. The number of carboxylic acids is 1. The van der Waals surface area contributed by atoms with Crippen LogP contribution in [0.3, 0.4) is 0 Å². The number of methoxy groups -OCH3 is 1. The van der Waals surface area contributed by atoms with Crippen molar-refractivity contribution in [2.75, 3.05) is 7.11 Å². The molecule has 0 spiro atoms. The zero-order valence-corrected chi connectivity index (χ0v) is 11.1. The van der Waals surface area contributed by atoms with Crippen molar-refractivity contribution >= 4 is 5.97 Å². The molecule has 2 aromatic rings. The van der Waals surface area contributed by atoms with E-state index >= 15 is 0 Å². The van der Waals surface area contributed by atoms with Crippen LogP contribution in [0.1, 0.15) is 12.0 Å². The number of carbonyl (C=O) groups is 1. The van der Waals surface area contributed by atoms with E-state index in [0.717, 1.165) is 11.1 Å². The molecular weight excluding hydrogens is 259 g/mol. The molecule has 0 saturated carbocycles. The van der Waals surface area contributed by atoms with Gasteiger partial charge >= 0.3 is 5.97 Å². The smallest absolute Gasteiger partial charge is 0.303 e. The molecular formula is C16H15FO3. The predicted octanol–water partition coefficient (Wildman–Crippen LogP) is 3.52. The fraction of sp³-hybridized carbons (Fsp3) is 0.188. The van der Waals surface area contributed by atoms with Crippen LogP contribution in [-0.2, 0) is 11.2 Å². The van der Waals surface area contributed by atoms with Crippen molar-refractivity contribution in [1.29, 1.82) is 0 Å². The van der Waals surface area contributed by atoms with Gasteiger partial charge in [0.1, 0.15) is 0 Å². The Morgan fingerprint density at radius 1 is 1.20 bits per heavy atom. The maximum Gasteiger partial charge on any atom is 0.303 e. The van der Waals surface area contributed by atoms with Gasteiger partial charge in [-0.1, -0.05) is 36.4 Å². The summed E-state index contributed by atoms with van der Waals surface area (Å²) in [6.45, 7) is 0. The Balaban J connectivity index is 2.24. The van der Waals surface area contributed by atoms with Gasteiger partial charge in [0, 0.05) is 12.0 Å². The Bertz CT molecular complexity index is 606. The van der Waals surface area contributed by atoms with E-state index in [4.69, 9.17) is 9.84 Å². The van der Waals surface area contributed by atoms with Gasteiger partial charge in [-0.3, -0.25) is 4.79 Å². The fourth-order valence-corrected chi connectivity index (χ4v) is 1.99. The third-order valence-electron chi connectivity index (χ3n) is 3.08. The first-order valence-electron chi connectivity index (χ1n) is 6.25. The van der Waals surface area contributed by atoms with E-state index in [1.54, 1.807) is 30.3 Å². The topological polar surface area (TPSA) is 46.5 Å². The molecule has 0 atom stereocenters.